The van der Waals surface area contributed by atoms with Gasteiger partial charge in [0.25, 0.3) is 0 Å². The molecule has 12 heavy (non-hydrogen) atoms. The van der Waals surface area contributed by atoms with Gasteiger partial charge in [-0.1, -0.05) is 12.1 Å². The molecule has 1 rings (SSSR count). The minimum absolute atomic E-state index is 0.143. The van der Waals surface area contributed by atoms with Crippen molar-refractivity contribution >= 4 is 0 Å². The molecule has 0 radical (unpaired) electrons. The van der Waals surface area contributed by atoms with Crippen LogP contribution in [-0.4, -0.2) is 5.11 Å². The molecule has 0 saturated carbocycles. The predicted octanol–water partition coefficient (Wildman–Crippen LogP) is 1.34. The molecule has 0 bridgehead atoms. The molecule has 1 aromatic carbocycles. The van der Waals surface area contributed by atoms with Gasteiger partial charge in [0.15, 0.2) is 0 Å². The molecule has 0 fully saturated rings. The second kappa shape index (κ2) is 3.65. The van der Waals surface area contributed by atoms with Crippen LogP contribution in [0.1, 0.15) is 24.1 Å². The van der Waals surface area contributed by atoms with Crippen molar-refractivity contribution in [3.63, 3.8) is 0 Å². The van der Waals surface area contributed by atoms with Gasteiger partial charge in [0.1, 0.15) is 5.82 Å². The van der Waals surface area contributed by atoms with E-state index in [9.17, 15) is 4.39 Å². The van der Waals surface area contributed by atoms with E-state index in [0.717, 1.165) is 0 Å². The predicted molar refractivity (Wildman–Crippen MR) is 44.9 cm³/mol. The highest BCUT2D eigenvalue weighted by Crippen LogP contribution is 2.15. The fraction of sp³-hybridized carbons (Fsp3) is 0.333. The number of aliphatic hydroxyl groups excluding tert-OH is 1. The summed E-state index contributed by atoms with van der Waals surface area (Å²) in [6.45, 7) is 1.58. The van der Waals surface area contributed by atoms with Crippen LogP contribution >= 0.6 is 0 Å². The van der Waals surface area contributed by atoms with E-state index in [1.54, 1.807) is 19.1 Å². The molecular formula is C9H12FNO. The molecule has 1 aromatic rings. The Kier molecular flexibility index (Phi) is 2.78. The SMILES string of the molecule is CC(N)c1ccc(CO)cc1F. The smallest absolute Gasteiger partial charge is 0.128 e. The number of nitrogens with two attached hydrogens (primary N) is 1. The summed E-state index contributed by atoms with van der Waals surface area (Å²) in [5.74, 6) is -0.350. The normalized spacial score (nSPS) is 13.0. The molecule has 66 valence electrons. The van der Waals surface area contributed by atoms with Crippen LogP contribution in [0.5, 0.6) is 0 Å². The Morgan fingerprint density at radius 3 is 2.67 bits per heavy atom. The molecule has 3 N–H and O–H groups in total. The first-order valence-electron chi connectivity index (χ1n) is 3.80. The van der Waals surface area contributed by atoms with Crippen molar-refractivity contribution < 1.29 is 9.50 Å². The first kappa shape index (κ1) is 9.16. The van der Waals surface area contributed by atoms with Crippen molar-refractivity contribution in [1.29, 1.82) is 0 Å². The van der Waals surface area contributed by atoms with Gasteiger partial charge < -0.3 is 10.8 Å². The van der Waals surface area contributed by atoms with Crippen molar-refractivity contribution in [1.82, 2.24) is 0 Å². The lowest BCUT2D eigenvalue weighted by Crippen LogP contribution is -2.07. The van der Waals surface area contributed by atoms with E-state index >= 15 is 0 Å². The van der Waals surface area contributed by atoms with Crippen molar-refractivity contribution in [2.24, 2.45) is 5.73 Å². The van der Waals surface area contributed by atoms with Gasteiger partial charge in [0.2, 0.25) is 0 Å². The maximum atomic E-state index is 13.1. The molecule has 1 unspecified atom stereocenters. The van der Waals surface area contributed by atoms with Gasteiger partial charge in [0.05, 0.1) is 6.61 Å². The molecule has 0 spiro atoms. The summed E-state index contributed by atoms with van der Waals surface area (Å²) in [7, 11) is 0. The number of benzene rings is 1. The van der Waals surface area contributed by atoms with Crippen LogP contribution in [0, 0.1) is 5.82 Å². The zero-order valence-corrected chi connectivity index (χ0v) is 6.92. The highest BCUT2D eigenvalue weighted by atomic mass is 19.1. The van der Waals surface area contributed by atoms with Gasteiger partial charge in [-0.25, -0.2) is 4.39 Å². The second-order valence-electron chi connectivity index (χ2n) is 2.80. The third-order valence-corrected chi connectivity index (χ3v) is 1.74. The molecule has 0 aliphatic heterocycles. The summed E-state index contributed by atoms with van der Waals surface area (Å²) in [6, 6.07) is 4.27. The number of hydrogen-bond acceptors (Lipinski definition) is 2. The third-order valence-electron chi connectivity index (χ3n) is 1.74. The minimum atomic E-state index is -0.350. The van der Waals surface area contributed by atoms with Gasteiger partial charge >= 0.3 is 0 Å². The lowest BCUT2D eigenvalue weighted by molar-refractivity contribution is 0.281. The fourth-order valence-corrected chi connectivity index (χ4v) is 1.04. The number of halogens is 1. The summed E-state index contributed by atoms with van der Waals surface area (Å²) in [5, 5.41) is 8.69. The average Bonchev–Trinajstić information content (AvgIpc) is 2.03. The van der Waals surface area contributed by atoms with Crippen molar-refractivity contribution in [2.75, 3.05) is 0 Å². The summed E-state index contributed by atoms with van der Waals surface area (Å²) in [4.78, 5) is 0. The van der Waals surface area contributed by atoms with Crippen molar-refractivity contribution in [2.45, 2.75) is 19.6 Å². The minimum Gasteiger partial charge on any atom is -0.392 e. The number of hydrogen-bond donors (Lipinski definition) is 2. The lowest BCUT2D eigenvalue weighted by Gasteiger charge is -2.07. The summed E-state index contributed by atoms with van der Waals surface area (Å²) in [6.07, 6.45) is 0. The first-order chi connectivity index (χ1) is 5.65. The van der Waals surface area contributed by atoms with Crippen LogP contribution in [0.3, 0.4) is 0 Å². The average molecular weight is 169 g/mol. The van der Waals surface area contributed by atoms with E-state index in [-0.39, 0.29) is 18.5 Å². The van der Waals surface area contributed by atoms with Gasteiger partial charge in [0, 0.05) is 11.6 Å². The Morgan fingerprint density at radius 1 is 1.58 bits per heavy atom. The Morgan fingerprint density at radius 2 is 2.25 bits per heavy atom. The highest BCUT2D eigenvalue weighted by Gasteiger charge is 2.06. The monoisotopic (exact) mass is 169 g/mol. The van der Waals surface area contributed by atoms with E-state index < -0.39 is 0 Å². The Balaban J connectivity index is 3.03. The zero-order valence-electron chi connectivity index (χ0n) is 6.92. The molecule has 1 atom stereocenters. The van der Waals surface area contributed by atoms with Gasteiger partial charge in [-0.15, -0.1) is 0 Å². The molecule has 0 heterocycles. The molecule has 2 nitrogen and oxygen atoms in total. The van der Waals surface area contributed by atoms with Crippen LogP contribution in [0.25, 0.3) is 0 Å². The van der Waals surface area contributed by atoms with Crippen molar-refractivity contribution in [3.05, 3.63) is 35.1 Å². The molecule has 0 aliphatic carbocycles. The van der Waals surface area contributed by atoms with E-state index in [1.165, 1.54) is 6.07 Å². The summed E-state index contributed by atoms with van der Waals surface area (Å²) >= 11 is 0. The summed E-state index contributed by atoms with van der Waals surface area (Å²) < 4.78 is 13.1. The van der Waals surface area contributed by atoms with Crippen LogP contribution < -0.4 is 5.73 Å². The largest absolute Gasteiger partial charge is 0.392 e. The molecule has 0 saturated heterocycles. The Bertz CT molecular complexity index is 273. The molecule has 0 amide bonds. The quantitative estimate of drug-likeness (QED) is 0.701. The zero-order chi connectivity index (χ0) is 9.14. The van der Waals surface area contributed by atoms with E-state index in [2.05, 4.69) is 0 Å². The molecule has 0 aliphatic rings. The maximum Gasteiger partial charge on any atom is 0.128 e. The molecule has 0 aromatic heterocycles. The number of aliphatic hydroxyl groups is 1. The van der Waals surface area contributed by atoms with Crippen LogP contribution in [0.4, 0.5) is 4.39 Å². The number of rotatable bonds is 2. The van der Waals surface area contributed by atoms with E-state index in [4.69, 9.17) is 10.8 Å². The molecule has 3 heteroatoms. The van der Waals surface area contributed by atoms with Gasteiger partial charge in [-0.2, -0.15) is 0 Å². The lowest BCUT2D eigenvalue weighted by atomic mass is 10.1. The van der Waals surface area contributed by atoms with Crippen LogP contribution in [0.15, 0.2) is 18.2 Å². The van der Waals surface area contributed by atoms with E-state index in [0.29, 0.717) is 11.1 Å². The highest BCUT2D eigenvalue weighted by molar-refractivity contribution is 5.25. The Hall–Kier alpha value is -0.930. The third kappa shape index (κ3) is 1.81. The van der Waals surface area contributed by atoms with Gasteiger partial charge in [-0.3, -0.25) is 0 Å². The topological polar surface area (TPSA) is 46.2 Å². The first-order valence-corrected chi connectivity index (χ1v) is 3.80. The summed E-state index contributed by atoms with van der Waals surface area (Å²) in [5.41, 5.74) is 6.55. The van der Waals surface area contributed by atoms with Gasteiger partial charge in [-0.05, 0) is 18.6 Å². The van der Waals surface area contributed by atoms with E-state index in [1.807, 2.05) is 0 Å². The second-order valence-corrected chi connectivity index (χ2v) is 2.80. The standard InChI is InChI=1S/C9H12FNO/c1-6(11)8-3-2-7(5-12)4-9(8)10/h2-4,6,12H,5,11H2,1H3. The van der Waals surface area contributed by atoms with Crippen LogP contribution in [0.2, 0.25) is 0 Å². The maximum absolute atomic E-state index is 13.1. The molecular weight excluding hydrogens is 157 g/mol. The Labute approximate surface area is 70.8 Å². The van der Waals surface area contributed by atoms with Crippen LogP contribution in [-0.2, 0) is 6.61 Å². The van der Waals surface area contributed by atoms with Crippen molar-refractivity contribution in [3.8, 4) is 0 Å². The fourth-order valence-electron chi connectivity index (χ4n) is 1.04.